The second kappa shape index (κ2) is 7.30. The molecule has 0 radical (unpaired) electrons. The van der Waals surface area contributed by atoms with Gasteiger partial charge in [-0.2, -0.15) is 5.26 Å². The molecule has 138 valence electrons. The Morgan fingerprint density at radius 2 is 1.63 bits per heavy atom. The Labute approximate surface area is 156 Å². The SMILES string of the molecule is COc1cc(OC)c(-c2cc(-c3ccc(C)o3)nc(N)c2C#N)cc1OC. The average Bonchev–Trinajstić information content (AvgIpc) is 3.12. The third kappa shape index (κ3) is 3.25. The number of furan rings is 1. The summed E-state index contributed by atoms with van der Waals surface area (Å²) in [5.74, 6) is 2.94. The van der Waals surface area contributed by atoms with Crippen molar-refractivity contribution in [2.24, 2.45) is 0 Å². The van der Waals surface area contributed by atoms with Crippen LogP contribution in [-0.4, -0.2) is 26.3 Å². The Morgan fingerprint density at radius 3 is 2.19 bits per heavy atom. The van der Waals surface area contributed by atoms with E-state index in [-0.39, 0.29) is 11.4 Å². The van der Waals surface area contributed by atoms with E-state index in [0.29, 0.717) is 39.8 Å². The van der Waals surface area contributed by atoms with E-state index in [0.717, 1.165) is 5.76 Å². The second-order valence-corrected chi connectivity index (χ2v) is 5.74. The second-order valence-electron chi connectivity index (χ2n) is 5.74. The Hall–Kier alpha value is -3.66. The van der Waals surface area contributed by atoms with Gasteiger partial charge in [-0.15, -0.1) is 0 Å². The lowest BCUT2D eigenvalue weighted by atomic mass is 9.98. The van der Waals surface area contributed by atoms with Crippen molar-refractivity contribution in [3.8, 4) is 45.9 Å². The van der Waals surface area contributed by atoms with Gasteiger partial charge in [0.1, 0.15) is 34.7 Å². The van der Waals surface area contributed by atoms with Crippen LogP contribution in [0.3, 0.4) is 0 Å². The molecular weight excluding hydrogens is 346 g/mol. The van der Waals surface area contributed by atoms with E-state index in [1.54, 1.807) is 31.4 Å². The maximum Gasteiger partial charge on any atom is 0.164 e. The number of nitrogens with zero attached hydrogens (tertiary/aromatic N) is 2. The summed E-state index contributed by atoms with van der Waals surface area (Å²) >= 11 is 0. The van der Waals surface area contributed by atoms with Crippen molar-refractivity contribution >= 4 is 5.82 Å². The minimum absolute atomic E-state index is 0.107. The van der Waals surface area contributed by atoms with Crippen molar-refractivity contribution in [3.63, 3.8) is 0 Å². The number of nitrogen functional groups attached to an aromatic ring is 1. The highest BCUT2D eigenvalue weighted by atomic mass is 16.5. The minimum atomic E-state index is 0.107. The Morgan fingerprint density at radius 1 is 0.963 bits per heavy atom. The van der Waals surface area contributed by atoms with Crippen LogP contribution in [0.1, 0.15) is 11.3 Å². The molecule has 3 aromatic rings. The van der Waals surface area contributed by atoms with Crippen LogP contribution >= 0.6 is 0 Å². The summed E-state index contributed by atoms with van der Waals surface area (Å²) in [6.07, 6.45) is 0. The number of methoxy groups -OCH3 is 3. The molecule has 0 atom stereocenters. The van der Waals surface area contributed by atoms with Gasteiger partial charge in [-0.05, 0) is 31.2 Å². The summed E-state index contributed by atoms with van der Waals surface area (Å²) in [5, 5.41) is 9.63. The molecule has 0 aliphatic rings. The summed E-state index contributed by atoms with van der Waals surface area (Å²) < 4.78 is 21.9. The van der Waals surface area contributed by atoms with Crippen LogP contribution in [0, 0.1) is 18.3 Å². The van der Waals surface area contributed by atoms with Gasteiger partial charge in [0, 0.05) is 17.2 Å². The molecule has 0 bridgehead atoms. The van der Waals surface area contributed by atoms with E-state index < -0.39 is 0 Å². The molecule has 0 spiro atoms. The molecular formula is C20H19N3O4. The topological polar surface area (TPSA) is 104 Å². The number of ether oxygens (including phenoxy) is 3. The maximum atomic E-state index is 9.63. The summed E-state index contributed by atoms with van der Waals surface area (Å²) in [7, 11) is 4.62. The quantitative estimate of drug-likeness (QED) is 0.733. The number of pyridine rings is 1. The molecule has 7 nitrogen and oxygen atoms in total. The highest BCUT2D eigenvalue weighted by Gasteiger charge is 2.20. The predicted octanol–water partition coefficient (Wildman–Crippen LogP) is 3.80. The molecule has 0 aliphatic heterocycles. The van der Waals surface area contributed by atoms with E-state index in [9.17, 15) is 5.26 Å². The molecule has 0 unspecified atom stereocenters. The molecule has 2 N–H and O–H groups in total. The van der Waals surface area contributed by atoms with Gasteiger partial charge in [-0.25, -0.2) is 4.98 Å². The third-order valence-corrected chi connectivity index (χ3v) is 4.15. The molecule has 7 heteroatoms. The van der Waals surface area contributed by atoms with E-state index in [1.165, 1.54) is 14.2 Å². The standard InChI is InChI=1S/C20H19N3O4/c1-11-5-6-16(27-11)15-7-12(14(10-21)20(22)23-15)13-8-18(25-3)19(26-4)9-17(13)24-2/h5-9H,1-4H3,(H2,22,23). The van der Waals surface area contributed by atoms with Crippen LogP contribution in [0.2, 0.25) is 0 Å². The normalized spacial score (nSPS) is 10.3. The van der Waals surface area contributed by atoms with Gasteiger partial charge in [-0.3, -0.25) is 0 Å². The molecule has 0 amide bonds. The van der Waals surface area contributed by atoms with E-state index in [1.807, 2.05) is 13.0 Å². The Bertz CT molecular complexity index is 1030. The number of aromatic nitrogens is 1. The monoisotopic (exact) mass is 365 g/mol. The molecule has 2 aromatic heterocycles. The van der Waals surface area contributed by atoms with Crippen molar-refractivity contribution < 1.29 is 18.6 Å². The van der Waals surface area contributed by atoms with E-state index in [4.69, 9.17) is 24.4 Å². The third-order valence-electron chi connectivity index (χ3n) is 4.15. The highest BCUT2D eigenvalue weighted by Crippen LogP contribution is 2.42. The van der Waals surface area contributed by atoms with Crippen molar-refractivity contribution in [3.05, 3.63) is 41.7 Å². The first-order valence-corrected chi connectivity index (χ1v) is 8.10. The maximum absolute atomic E-state index is 9.63. The first-order valence-electron chi connectivity index (χ1n) is 8.10. The van der Waals surface area contributed by atoms with Crippen LogP contribution in [0.25, 0.3) is 22.6 Å². The number of nitrogens with two attached hydrogens (primary N) is 1. The number of hydrogen-bond donors (Lipinski definition) is 1. The fraction of sp³-hybridized carbons (Fsp3) is 0.200. The van der Waals surface area contributed by atoms with Crippen LogP contribution < -0.4 is 19.9 Å². The van der Waals surface area contributed by atoms with Crippen molar-refractivity contribution in [2.45, 2.75) is 6.92 Å². The van der Waals surface area contributed by atoms with Crippen molar-refractivity contribution in [1.29, 1.82) is 5.26 Å². The van der Waals surface area contributed by atoms with Gasteiger partial charge in [-0.1, -0.05) is 0 Å². The largest absolute Gasteiger partial charge is 0.496 e. The van der Waals surface area contributed by atoms with Crippen LogP contribution in [0.5, 0.6) is 17.2 Å². The van der Waals surface area contributed by atoms with E-state index in [2.05, 4.69) is 11.1 Å². The number of anilines is 1. The Kier molecular flexibility index (Phi) is 4.90. The molecule has 0 saturated heterocycles. The van der Waals surface area contributed by atoms with Gasteiger partial charge in [0.15, 0.2) is 17.3 Å². The minimum Gasteiger partial charge on any atom is -0.496 e. The first kappa shape index (κ1) is 18.1. The Balaban J connectivity index is 2.30. The fourth-order valence-corrected chi connectivity index (χ4v) is 2.83. The van der Waals surface area contributed by atoms with Gasteiger partial charge in [0.25, 0.3) is 0 Å². The van der Waals surface area contributed by atoms with Crippen LogP contribution in [0.15, 0.2) is 34.7 Å². The van der Waals surface area contributed by atoms with Gasteiger partial charge >= 0.3 is 0 Å². The molecule has 27 heavy (non-hydrogen) atoms. The summed E-state index contributed by atoms with van der Waals surface area (Å²) in [6.45, 7) is 1.84. The number of nitriles is 1. The van der Waals surface area contributed by atoms with Crippen molar-refractivity contribution in [1.82, 2.24) is 4.98 Å². The molecule has 0 saturated carbocycles. The van der Waals surface area contributed by atoms with Gasteiger partial charge in [0.2, 0.25) is 0 Å². The number of rotatable bonds is 5. The predicted molar refractivity (Wildman–Crippen MR) is 101 cm³/mol. The molecule has 2 heterocycles. The fourth-order valence-electron chi connectivity index (χ4n) is 2.83. The zero-order valence-electron chi connectivity index (χ0n) is 15.5. The molecule has 1 aromatic carbocycles. The molecule has 0 fully saturated rings. The first-order chi connectivity index (χ1) is 13.0. The van der Waals surface area contributed by atoms with Crippen LogP contribution in [-0.2, 0) is 0 Å². The molecule has 3 rings (SSSR count). The van der Waals surface area contributed by atoms with Gasteiger partial charge in [0.05, 0.1) is 21.3 Å². The lowest BCUT2D eigenvalue weighted by Crippen LogP contribution is -2.01. The highest BCUT2D eigenvalue weighted by molar-refractivity contribution is 5.84. The number of benzene rings is 1. The van der Waals surface area contributed by atoms with E-state index >= 15 is 0 Å². The lowest BCUT2D eigenvalue weighted by molar-refractivity contribution is 0.349. The van der Waals surface area contributed by atoms with Crippen molar-refractivity contribution in [2.75, 3.05) is 27.1 Å². The number of hydrogen-bond acceptors (Lipinski definition) is 7. The van der Waals surface area contributed by atoms with Gasteiger partial charge < -0.3 is 24.4 Å². The smallest absolute Gasteiger partial charge is 0.164 e. The zero-order chi connectivity index (χ0) is 19.6. The zero-order valence-corrected chi connectivity index (χ0v) is 15.5. The summed E-state index contributed by atoms with van der Waals surface area (Å²) in [4.78, 5) is 4.31. The lowest BCUT2D eigenvalue weighted by Gasteiger charge is -2.16. The average molecular weight is 365 g/mol. The molecule has 0 aliphatic carbocycles. The summed E-state index contributed by atoms with van der Waals surface area (Å²) in [5.41, 5.74) is 8.02. The summed E-state index contributed by atoms with van der Waals surface area (Å²) in [6, 6.07) is 10.9. The van der Waals surface area contributed by atoms with Crippen LogP contribution in [0.4, 0.5) is 5.82 Å². The number of aryl methyl sites for hydroxylation is 1.